The van der Waals surface area contributed by atoms with Crippen molar-refractivity contribution in [3.63, 3.8) is 0 Å². The summed E-state index contributed by atoms with van der Waals surface area (Å²) in [5.74, 6) is 1.76. The number of aliphatic hydroxyl groups excluding tert-OH is 1. The van der Waals surface area contributed by atoms with E-state index in [1.807, 2.05) is 0 Å². The van der Waals surface area contributed by atoms with Crippen LogP contribution < -0.4 is 0 Å². The smallest absolute Gasteiger partial charge is 0.107 e. The van der Waals surface area contributed by atoms with E-state index in [9.17, 15) is 5.11 Å². The molecule has 0 bridgehead atoms. The Morgan fingerprint density at radius 1 is 1.44 bits per heavy atom. The Morgan fingerprint density at radius 2 is 2.25 bits per heavy atom. The number of rotatable bonds is 2. The van der Waals surface area contributed by atoms with Gasteiger partial charge in [0.2, 0.25) is 0 Å². The molecule has 1 fully saturated rings. The van der Waals surface area contributed by atoms with Crippen molar-refractivity contribution in [3.05, 3.63) is 33.8 Å². The molecule has 1 aromatic carbocycles. The lowest BCUT2D eigenvalue weighted by Crippen LogP contribution is -2.29. The molecule has 0 radical (unpaired) electrons. The number of thioether (sulfide) groups is 1. The van der Waals surface area contributed by atoms with E-state index in [1.54, 1.807) is 30.0 Å². The lowest BCUT2D eigenvalue weighted by Gasteiger charge is -2.27. The van der Waals surface area contributed by atoms with Crippen molar-refractivity contribution in [2.24, 2.45) is 0 Å². The Balaban J connectivity index is 2.19. The van der Waals surface area contributed by atoms with Crippen LogP contribution in [0.3, 0.4) is 0 Å². The van der Waals surface area contributed by atoms with Crippen LogP contribution in [0.2, 0.25) is 10.0 Å². The molecular formula is C11H12Cl2O2S. The van der Waals surface area contributed by atoms with E-state index in [0.29, 0.717) is 22.2 Å². The van der Waals surface area contributed by atoms with E-state index >= 15 is 0 Å². The highest BCUT2D eigenvalue weighted by Crippen LogP contribution is 2.33. The van der Waals surface area contributed by atoms with Gasteiger partial charge >= 0.3 is 0 Å². The molecule has 16 heavy (non-hydrogen) atoms. The first kappa shape index (κ1) is 12.5. The third kappa shape index (κ3) is 2.66. The minimum atomic E-state index is -0.709. The summed E-state index contributed by atoms with van der Waals surface area (Å²) >= 11 is 13.7. The fourth-order valence-electron chi connectivity index (χ4n) is 1.64. The van der Waals surface area contributed by atoms with Crippen LogP contribution in [-0.2, 0) is 4.74 Å². The van der Waals surface area contributed by atoms with Gasteiger partial charge in [0.25, 0.3) is 0 Å². The predicted molar refractivity (Wildman–Crippen MR) is 68.5 cm³/mol. The predicted octanol–water partition coefficient (Wildman–Crippen LogP) is 3.16. The highest BCUT2D eigenvalue weighted by atomic mass is 35.5. The van der Waals surface area contributed by atoms with Crippen molar-refractivity contribution in [2.75, 3.05) is 18.1 Å². The minimum absolute atomic E-state index is 0.199. The van der Waals surface area contributed by atoms with Crippen LogP contribution >= 0.6 is 35.0 Å². The molecule has 0 amide bonds. The minimum Gasteiger partial charge on any atom is -0.386 e. The van der Waals surface area contributed by atoms with Crippen molar-refractivity contribution in [3.8, 4) is 0 Å². The molecular weight excluding hydrogens is 267 g/mol. The van der Waals surface area contributed by atoms with E-state index in [-0.39, 0.29) is 6.10 Å². The van der Waals surface area contributed by atoms with Gasteiger partial charge in [0.15, 0.2) is 0 Å². The molecule has 2 unspecified atom stereocenters. The van der Waals surface area contributed by atoms with Crippen molar-refractivity contribution < 1.29 is 9.84 Å². The van der Waals surface area contributed by atoms with Crippen molar-refractivity contribution >= 4 is 35.0 Å². The van der Waals surface area contributed by atoms with Crippen molar-refractivity contribution in [1.82, 2.24) is 0 Å². The maximum Gasteiger partial charge on any atom is 0.107 e. The van der Waals surface area contributed by atoms with E-state index in [0.717, 1.165) is 11.5 Å². The maximum absolute atomic E-state index is 10.2. The number of hydrogen-bond acceptors (Lipinski definition) is 3. The molecule has 2 atom stereocenters. The second-order valence-corrected chi connectivity index (χ2v) is 5.51. The molecule has 5 heteroatoms. The first-order valence-corrected chi connectivity index (χ1v) is 6.92. The van der Waals surface area contributed by atoms with E-state index in [2.05, 4.69) is 0 Å². The quantitative estimate of drug-likeness (QED) is 0.901. The molecule has 1 aliphatic rings. The fraction of sp³-hybridized carbons (Fsp3) is 0.455. The van der Waals surface area contributed by atoms with Gasteiger partial charge in [0.05, 0.1) is 22.8 Å². The molecule has 0 saturated carbocycles. The average Bonchev–Trinajstić information content (AvgIpc) is 2.33. The lowest BCUT2D eigenvalue weighted by molar-refractivity contribution is -0.0226. The van der Waals surface area contributed by atoms with Crippen molar-refractivity contribution in [1.29, 1.82) is 0 Å². The summed E-state index contributed by atoms with van der Waals surface area (Å²) in [5, 5.41) is 11.0. The fourth-order valence-corrected chi connectivity index (χ4v) is 2.95. The van der Waals surface area contributed by atoms with E-state index in [4.69, 9.17) is 27.9 Å². The van der Waals surface area contributed by atoms with Crippen LogP contribution in [0.5, 0.6) is 0 Å². The largest absolute Gasteiger partial charge is 0.386 e. The van der Waals surface area contributed by atoms with Gasteiger partial charge in [0, 0.05) is 17.1 Å². The summed E-state index contributed by atoms with van der Waals surface area (Å²) in [6, 6.07) is 5.26. The van der Waals surface area contributed by atoms with Crippen LogP contribution in [0.15, 0.2) is 18.2 Å². The number of hydrogen-bond donors (Lipinski definition) is 1. The van der Waals surface area contributed by atoms with Gasteiger partial charge in [-0.25, -0.2) is 0 Å². The van der Waals surface area contributed by atoms with Crippen LogP contribution in [0.4, 0.5) is 0 Å². The third-order valence-corrected chi connectivity index (χ3v) is 4.35. The summed E-state index contributed by atoms with van der Waals surface area (Å²) in [6.07, 6.45) is -0.909. The summed E-state index contributed by atoms with van der Waals surface area (Å²) in [5.41, 5.74) is 0.640. The zero-order chi connectivity index (χ0) is 11.5. The highest BCUT2D eigenvalue weighted by Gasteiger charge is 2.26. The number of ether oxygens (including phenoxy) is 1. The lowest BCUT2D eigenvalue weighted by atomic mass is 10.1. The van der Waals surface area contributed by atoms with Crippen LogP contribution in [0, 0.1) is 0 Å². The Bertz CT molecular complexity index is 367. The third-order valence-electron chi connectivity index (χ3n) is 2.49. The van der Waals surface area contributed by atoms with Gasteiger partial charge in [0.1, 0.15) is 6.10 Å². The standard InChI is InChI=1S/C11H12Cl2O2S/c12-8-3-1-2-7(10(8)13)11(14)9-6-16-5-4-15-9/h1-3,9,11,14H,4-6H2. The molecule has 2 rings (SSSR count). The molecule has 0 aromatic heterocycles. The van der Waals surface area contributed by atoms with Gasteiger partial charge < -0.3 is 9.84 Å². The first-order valence-electron chi connectivity index (χ1n) is 5.01. The Kier molecular flexibility index (Phi) is 4.39. The normalized spacial score (nSPS) is 23.1. The summed E-state index contributed by atoms with van der Waals surface area (Å²) < 4.78 is 5.52. The monoisotopic (exact) mass is 278 g/mol. The molecule has 1 heterocycles. The molecule has 1 aliphatic heterocycles. The second-order valence-electron chi connectivity index (χ2n) is 3.57. The first-order chi connectivity index (χ1) is 7.70. The Morgan fingerprint density at radius 3 is 2.94 bits per heavy atom. The second kappa shape index (κ2) is 5.61. The molecule has 0 aliphatic carbocycles. The van der Waals surface area contributed by atoms with Gasteiger partial charge in [-0.15, -0.1) is 0 Å². The summed E-state index contributed by atoms with van der Waals surface area (Å²) in [6.45, 7) is 0.671. The zero-order valence-corrected chi connectivity index (χ0v) is 10.9. The Labute approximate surface area is 109 Å². The topological polar surface area (TPSA) is 29.5 Å². The number of benzene rings is 1. The van der Waals surface area contributed by atoms with Crippen LogP contribution in [0.1, 0.15) is 11.7 Å². The van der Waals surface area contributed by atoms with Gasteiger partial charge in [-0.2, -0.15) is 11.8 Å². The van der Waals surface area contributed by atoms with Gasteiger partial charge in [-0.3, -0.25) is 0 Å². The SMILES string of the molecule is OC(c1cccc(Cl)c1Cl)C1CSCCO1. The van der Waals surface area contributed by atoms with Gasteiger partial charge in [-0.05, 0) is 6.07 Å². The Hall–Kier alpha value is 0.0700. The zero-order valence-electron chi connectivity index (χ0n) is 8.53. The highest BCUT2D eigenvalue weighted by molar-refractivity contribution is 7.99. The van der Waals surface area contributed by atoms with Crippen LogP contribution in [0.25, 0.3) is 0 Å². The summed E-state index contributed by atoms with van der Waals surface area (Å²) in [7, 11) is 0. The molecule has 1 saturated heterocycles. The van der Waals surface area contributed by atoms with Crippen LogP contribution in [-0.4, -0.2) is 29.3 Å². The van der Waals surface area contributed by atoms with Crippen molar-refractivity contribution in [2.45, 2.75) is 12.2 Å². The summed E-state index contributed by atoms with van der Waals surface area (Å²) in [4.78, 5) is 0. The molecule has 0 spiro atoms. The van der Waals surface area contributed by atoms with E-state index < -0.39 is 6.10 Å². The van der Waals surface area contributed by atoms with Gasteiger partial charge in [-0.1, -0.05) is 35.3 Å². The van der Waals surface area contributed by atoms with E-state index in [1.165, 1.54) is 0 Å². The molecule has 88 valence electrons. The maximum atomic E-state index is 10.2. The number of halogens is 2. The average molecular weight is 279 g/mol. The number of aliphatic hydroxyl groups is 1. The molecule has 2 nitrogen and oxygen atoms in total. The molecule has 1 N–H and O–H groups in total. The molecule has 1 aromatic rings.